The SMILES string of the molecule is OC1(c2cc(F)c(Br)cc2F)CC1. The molecule has 1 aromatic rings. The predicted octanol–water partition coefficient (Wildman–Crippen LogP) is 2.71. The fraction of sp³-hybridized carbons (Fsp3) is 0.333. The number of aliphatic hydroxyl groups is 1. The molecule has 0 saturated heterocycles. The van der Waals surface area contributed by atoms with E-state index in [4.69, 9.17) is 0 Å². The first-order valence-corrected chi connectivity index (χ1v) is 4.70. The Morgan fingerprint density at radius 1 is 1.23 bits per heavy atom. The van der Waals surface area contributed by atoms with E-state index in [1.54, 1.807) is 0 Å². The zero-order valence-electron chi connectivity index (χ0n) is 6.65. The molecule has 0 bridgehead atoms. The van der Waals surface area contributed by atoms with Crippen molar-refractivity contribution >= 4 is 15.9 Å². The summed E-state index contributed by atoms with van der Waals surface area (Å²) in [5.74, 6) is -1.11. The van der Waals surface area contributed by atoms with Crippen LogP contribution in [-0.4, -0.2) is 5.11 Å². The van der Waals surface area contributed by atoms with Gasteiger partial charge in [-0.2, -0.15) is 0 Å². The molecule has 1 saturated carbocycles. The normalized spacial score (nSPS) is 18.8. The number of rotatable bonds is 1. The number of hydrogen-bond donors (Lipinski definition) is 1. The summed E-state index contributed by atoms with van der Waals surface area (Å²) in [6.07, 6.45) is 1.01. The maximum absolute atomic E-state index is 13.2. The van der Waals surface area contributed by atoms with Crippen molar-refractivity contribution in [3.63, 3.8) is 0 Å². The van der Waals surface area contributed by atoms with Gasteiger partial charge in [0.15, 0.2) is 0 Å². The van der Waals surface area contributed by atoms with Crippen molar-refractivity contribution in [3.8, 4) is 0 Å². The summed E-state index contributed by atoms with van der Waals surface area (Å²) in [5, 5.41) is 9.57. The number of benzene rings is 1. The minimum Gasteiger partial charge on any atom is -0.385 e. The molecule has 0 radical (unpaired) electrons. The van der Waals surface area contributed by atoms with Gasteiger partial charge in [-0.05, 0) is 40.9 Å². The van der Waals surface area contributed by atoms with Crippen LogP contribution in [0.25, 0.3) is 0 Å². The molecule has 13 heavy (non-hydrogen) atoms. The molecule has 1 nitrogen and oxygen atoms in total. The molecule has 0 unspecified atom stereocenters. The van der Waals surface area contributed by atoms with Crippen LogP contribution in [0, 0.1) is 11.6 Å². The van der Waals surface area contributed by atoms with Gasteiger partial charge in [0.1, 0.15) is 11.6 Å². The van der Waals surface area contributed by atoms with Crippen LogP contribution in [0.3, 0.4) is 0 Å². The first-order chi connectivity index (χ1) is 6.03. The fourth-order valence-corrected chi connectivity index (χ4v) is 1.58. The Labute approximate surface area is 82.5 Å². The van der Waals surface area contributed by atoms with Crippen molar-refractivity contribution in [1.82, 2.24) is 0 Å². The summed E-state index contributed by atoms with van der Waals surface area (Å²) >= 11 is 2.87. The lowest BCUT2D eigenvalue weighted by Crippen LogP contribution is -2.08. The van der Waals surface area contributed by atoms with Crippen LogP contribution in [-0.2, 0) is 5.60 Å². The van der Waals surface area contributed by atoms with Crippen molar-refractivity contribution in [1.29, 1.82) is 0 Å². The van der Waals surface area contributed by atoms with E-state index in [9.17, 15) is 13.9 Å². The Morgan fingerprint density at radius 3 is 2.38 bits per heavy atom. The zero-order valence-corrected chi connectivity index (χ0v) is 8.24. The van der Waals surface area contributed by atoms with Crippen molar-refractivity contribution in [2.45, 2.75) is 18.4 Å². The maximum Gasteiger partial charge on any atom is 0.137 e. The Kier molecular flexibility index (Phi) is 1.92. The Bertz CT molecular complexity index is 361. The largest absolute Gasteiger partial charge is 0.385 e. The standard InChI is InChI=1S/C9H7BrF2O/c10-6-4-7(11)5(3-8(6)12)9(13)1-2-9/h3-4,13H,1-2H2. The molecule has 70 valence electrons. The summed E-state index contributed by atoms with van der Waals surface area (Å²) in [7, 11) is 0. The smallest absolute Gasteiger partial charge is 0.137 e. The van der Waals surface area contributed by atoms with Gasteiger partial charge in [-0.1, -0.05) is 0 Å². The molecule has 1 aliphatic carbocycles. The lowest BCUT2D eigenvalue weighted by Gasteiger charge is -2.09. The van der Waals surface area contributed by atoms with Crippen LogP contribution in [0.2, 0.25) is 0 Å². The second-order valence-electron chi connectivity index (χ2n) is 3.28. The van der Waals surface area contributed by atoms with Crippen molar-refractivity contribution in [2.75, 3.05) is 0 Å². The van der Waals surface area contributed by atoms with Gasteiger partial charge in [0.05, 0.1) is 10.1 Å². The minimum atomic E-state index is -1.12. The van der Waals surface area contributed by atoms with Crippen LogP contribution in [0.1, 0.15) is 18.4 Å². The van der Waals surface area contributed by atoms with E-state index in [0.717, 1.165) is 12.1 Å². The quantitative estimate of drug-likeness (QED) is 0.758. The molecule has 0 spiro atoms. The molecule has 0 aromatic heterocycles. The monoisotopic (exact) mass is 248 g/mol. The molecular weight excluding hydrogens is 242 g/mol. The molecule has 0 amide bonds. The highest BCUT2D eigenvalue weighted by Crippen LogP contribution is 2.46. The summed E-state index contributed by atoms with van der Waals surface area (Å²) in [4.78, 5) is 0. The average Bonchev–Trinajstić information content (AvgIpc) is 2.77. The molecule has 1 aromatic carbocycles. The van der Waals surface area contributed by atoms with E-state index < -0.39 is 17.2 Å². The van der Waals surface area contributed by atoms with E-state index in [1.807, 2.05) is 0 Å². The average molecular weight is 249 g/mol. The first-order valence-electron chi connectivity index (χ1n) is 3.90. The fourth-order valence-electron chi connectivity index (χ4n) is 1.27. The topological polar surface area (TPSA) is 20.2 Å². The highest BCUT2D eigenvalue weighted by atomic mass is 79.9. The maximum atomic E-state index is 13.2. The van der Waals surface area contributed by atoms with E-state index in [-0.39, 0.29) is 10.0 Å². The minimum absolute atomic E-state index is 0.0631. The van der Waals surface area contributed by atoms with Crippen LogP contribution < -0.4 is 0 Å². The van der Waals surface area contributed by atoms with Gasteiger partial charge < -0.3 is 5.11 Å². The van der Waals surface area contributed by atoms with Gasteiger partial charge in [0.25, 0.3) is 0 Å². The highest BCUT2D eigenvalue weighted by molar-refractivity contribution is 9.10. The third kappa shape index (κ3) is 1.48. The molecule has 1 aliphatic rings. The lowest BCUT2D eigenvalue weighted by atomic mass is 10.1. The molecule has 4 heteroatoms. The van der Waals surface area contributed by atoms with Gasteiger partial charge in [-0.15, -0.1) is 0 Å². The van der Waals surface area contributed by atoms with Gasteiger partial charge in [-0.3, -0.25) is 0 Å². The Morgan fingerprint density at radius 2 is 1.85 bits per heavy atom. The number of halogens is 3. The van der Waals surface area contributed by atoms with Gasteiger partial charge >= 0.3 is 0 Å². The van der Waals surface area contributed by atoms with E-state index in [1.165, 1.54) is 0 Å². The highest BCUT2D eigenvalue weighted by Gasteiger charge is 2.44. The third-order valence-electron chi connectivity index (χ3n) is 2.23. The summed E-state index contributed by atoms with van der Waals surface area (Å²) in [5.41, 5.74) is -1.06. The third-order valence-corrected chi connectivity index (χ3v) is 2.84. The van der Waals surface area contributed by atoms with Gasteiger partial charge in [0.2, 0.25) is 0 Å². The van der Waals surface area contributed by atoms with Crippen molar-refractivity contribution < 1.29 is 13.9 Å². The zero-order chi connectivity index (χ0) is 9.64. The Hall–Kier alpha value is -0.480. The van der Waals surface area contributed by atoms with Crippen molar-refractivity contribution in [2.24, 2.45) is 0 Å². The van der Waals surface area contributed by atoms with E-state index in [0.29, 0.717) is 12.8 Å². The lowest BCUT2D eigenvalue weighted by molar-refractivity contribution is 0.146. The van der Waals surface area contributed by atoms with Crippen molar-refractivity contribution in [3.05, 3.63) is 33.8 Å². The molecule has 0 atom stereocenters. The van der Waals surface area contributed by atoms with Gasteiger partial charge in [0, 0.05) is 5.56 Å². The summed E-state index contributed by atoms with van der Waals surface area (Å²) < 4.78 is 26.3. The van der Waals surface area contributed by atoms with Crippen LogP contribution in [0.15, 0.2) is 16.6 Å². The molecule has 2 rings (SSSR count). The number of hydrogen-bond acceptors (Lipinski definition) is 1. The molecule has 1 N–H and O–H groups in total. The van der Waals surface area contributed by atoms with Crippen LogP contribution in [0.5, 0.6) is 0 Å². The summed E-state index contributed by atoms with van der Waals surface area (Å²) in [6, 6.07) is 2.09. The molecule has 0 aliphatic heterocycles. The second-order valence-corrected chi connectivity index (χ2v) is 4.13. The molecular formula is C9H7BrF2O. The van der Waals surface area contributed by atoms with E-state index >= 15 is 0 Å². The second kappa shape index (κ2) is 2.75. The van der Waals surface area contributed by atoms with E-state index in [2.05, 4.69) is 15.9 Å². The predicted molar refractivity (Wildman–Crippen MR) is 47.2 cm³/mol. The first kappa shape index (κ1) is 9.09. The Balaban J connectivity index is 2.52. The van der Waals surface area contributed by atoms with Crippen LogP contribution in [0.4, 0.5) is 8.78 Å². The van der Waals surface area contributed by atoms with Crippen LogP contribution >= 0.6 is 15.9 Å². The molecule has 0 heterocycles. The molecule has 1 fully saturated rings. The van der Waals surface area contributed by atoms with Gasteiger partial charge in [-0.25, -0.2) is 8.78 Å². The summed E-state index contributed by atoms with van der Waals surface area (Å²) in [6.45, 7) is 0.